The first-order valence-corrected chi connectivity index (χ1v) is 7.46. The van der Waals surface area contributed by atoms with E-state index in [0.717, 1.165) is 12.8 Å². The first kappa shape index (κ1) is 16.3. The minimum absolute atomic E-state index is 0.177. The topological polar surface area (TPSA) is 20.2 Å². The molecule has 0 bridgehead atoms. The van der Waals surface area contributed by atoms with Gasteiger partial charge in [-0.2, -0.15) is 0 Å². The summed E-state index contributed by atoms with van der Waals surface area (Å²) in [6.07, 6.45) is 2.02. The van der Waals surface area contributed by atoms with E-state index in [-0.39, 0.29) is 10.9 Å². The minimum atomic E-state index is -0.177. The molecule has 0 aliphatic carbocycles. The molecule has 0 aliphatic rings. The Balaban J connectivity index is 4.66. The highest BCUT2D eigenvalue weighted by Gasteiger charge is 2.31. The van der Waals surface area contributed by atoms with Crippen LogP contribution in [0.25, 0.3) is 0 Å². The van der Waals surface area contributed by atoms with Gasteiger partial charge in [0.1, 0.15) is 0 Å². The molecule has 0 aliphatic heterocycles. The zero-order valence-corrected chi connectivity index (χ0v) is 12.9. The third kappa shape index (κ3) is 5.58. The molecule has 0 aromatic rings. The third-order valence-corrected chi connectivity index (χ3v) is 4.98. The van der Waals surface area contributed by atoms with Crippen LogP contribution in [0.4, 0.5) is 0 Å². The molecule has 1 N–H and O–H groups in total. The van der Waals surface area contributed by atoms with Crippen molar-refractivity contribution in [3.05, 3.63) is 0 Å². The van der Waals surface area contributed by atoms with E-state index in [9.17, 15) is 5.11 Å². The van der Waals surface area contributed by atoms with Gasteiger partial charge in [0.2, 0.25) is 0 Å². The van der Waals surface area contributed by atoms with Crippen LogP contribution in [-0.4, -0.2) is 21.2 Å². The van der Waals surface area contributed by atoms with Crippen LogP contribution in [0.5, 0.6) is 0 Å². The predicted molar refractivity (Wildman–Crippen MR) is 76.0 cm³/mol. The van der Waals surface area contributed by atoms with Crippen molar-refractivity contribution in [3.8, 4) is 0 Å². The Morgan fingerprint density at radius 1 is 1.00 bits per heavy atom. The molecule has 0 aromatic heterocycles. The summed E-state index contributed by atoms with van der Waals surface area (Å²) in [4.78, 5) is 0. The van der Waals surface area contributed by atoms with Crippen LogP contribution < -0.4 is 0 Å². The molecule has 0 fully saturated rings. The molecule has 4 atom stereocenters. The molecule has 0 spiro atoms. The molecule has 3 unspecified atom stereocenters. The Labute approximate surface area is 106 Å². The van der Waals surface area contributed by atoms with Crippen molar-refractivity contribution in [2.45, 2.75) is 77.4 Å². The Hall–Kier alpha value is 0.310. The van der Waals surface area contributed by atoms with Crippen molar-refractivity contribution < 1.29 is 5.11 Å². The number of aliphatic hydroxyl groups excluding tert-OH is 1. The highest BCUT2D eigenvalue weighted by atomic mass is 32.2. The summed E-state index contributed by atoms with van der Waals surface area (Å²) in [6, 6.07) is 0. The summed E-state index contributed by atoms with van der Waals surface area (Å²) in [7, 11) is 0. The van der Waals surface area contributed by atoms with E-state index in [0.29, 0.717) is 17.1 Å². The molecule has 0 heterocycles. The maximum Gasteiger partial charge on any atom is 0.0686 e. The molecule has 0 saturated heterocycles. The highest BCUT2D eigenvalue weighted by Crippen LogP contribution is 2.37. The minimum Gasteiger partial charge on any atom is -0.392 e. The van der Waals surface area contributed by atoms with Crippen LogP contribution >= 0.6 is 11.8 Å². The van der Waals surface area contributed by atoms with Gasteiger partial charge in [0.05, 0.1) is 6.10 Å². The third-order valence-electron chi connectivity index (χ3n) is 3.26. The smallest absolute Gasteiger partial charge is 0.0686 e. The van der Waals surface area contributed by atoms with Crippen molar-refractivity contribution in [2.24, 2.45) is 11.8 Å². The second-order valence-electron chi connectivity index (χ2n) is 5.96. The summed E-state index contributed by atoms with van der Waals surface area (Å²) in [5.41, 5.74) is 0. The lowest BCUT2D eigenvalue weighted by Gasteiger charge is -2.35. The Kier molecular flexibility index (Phi) is 7.04. The average molecular weight is 246 g/mol. The van der Waals surface area contributed by atoms with E-state index in [1.54, 1.807) is 0 Å². The molecular weight excluding hydrogens is 216 g/mol. The van der Waals surface area contributed by atoms with Gasteiger partial charge in [0, 0.05) is 10.00 Å². The van der Waals surface area contributed by atoms with Crippen LogP contribution in [0.2, 0.25) is 0 Å². The van der Waals surface area contributed by atoms with Crippen molar-refractivity contribution in [1.29, 1.82) is 0 Å². The maximum absolute atomic E-state index is 10.4. The van der Waals surface area contributed by atoms with E-state index < -0.39 is 0 Å². The second kappa shape index (κ2) is 6.90. The lowest BCUT2D eigenvalue weighted by atomic mass is 9.91. The van der Waals surface area contributed by atoms with Gasteiger partial charge in [0.15, 0.2) is 0 Å². The van der Waals surface area contributed by atoms with E-state index in [1.165, 1.54) is 0 Å². The standard InChI is InChI=1S/C14H30OS/c1-8-10(3)12(15)13(11(4)9-2)16-14(5,6)7/h10-13,15H,8-9H2,1-7H3/t10?,11?,12?,13-/m0/s1. The van der Waals surface area contributed by atoms with E-state index in [2.05, 4.69) is 48.5 Å². The molecule has 0 aromatic carbocycles. The zero-order chi connectivity index (χ0) is 12.9. The maximum atomic E-state index is 10.4. The van der Waals surface area contributed by atoms with Crippen molar-refractivity contribution in [1.82, 2.24) is 0 Å². The Morgan fingerprint density at radius 2 is 1.44 bits per heavy atom. The van der Waals surface area contributed by atoms with Crippen LogP contribution in [0.15, 0.2) is 0 Å². The molecular formula is C14H30OS. The van der Waals surface area contributed by atoms with E-state index >= 15 is 0 Å². The number of hydrogen-bond donors (Lipinski definition) is 1. The van der Waals surface area contributed by atoms with E-state index in [1.807, 2.05) is 11.8 Å². The summed E-state index contributed by atoms with van der Waals surface area (Å²) in [6.45, 7) is 15.5. The summed E-state index contributed by atoms with van der Waals surface area (Å²) in [5, 5.41) is 10.8. The summed E-state index contributed by atoms with van der Waals surface area (Å²) >= 11 is 1.94. The average Bonchev–Trinajstić information content (AvgIpc) is 2.21. The normalized spacial score (nSPS) is 20.2. The molecule has 98 valence electrons. The Morgan fingerprint density at radius 3 is 1.75 bits per heavy atom. The fourth-order valence-electron chi connectivity index (χ4n) is 1.73. The monoisotopic (exact) mass is 246 g/mol. The quantitative estimate of drug-likeness (QED) is 0.752. The van der Waals surface area contributed by atoms with Crippen molar-refractivity contribution >= 4 is 11.8 Å². The highest BCUT2D eigenvalue weighted by molar-refractivity contribution is 8.01. The molecule has 2 heteroatoms. The van der Waals surface area contributed by atoms with Crippen LogP contribution in [0.1, 0.15) is 61.3 Å². The van der Waals surface area contributed by atoms with Gasteiger partial charge in [0.25, 0.3) is 0 Å². The zero-order valence-electron chi connectivity index (χ0n) is 12.1. The molecule has 0 saturated carbocycles. The van der Waals surface area contributed by atoms with Crippen molar-refractivity contribution in [2.75, 3.05) is 0 Å². The summed E-state index contributed by atoms with van der Waals surface area (Å²) < 4.78 is 0.225. The fourth-order valence-corrected chi connectivity index (χ4v) is 3.38. The second-order valence-corrected chi connectivity index (χ2v) is 7.96. The first-order valence-electron chi connectivity index (χ1n) is 6.58. The molecule has 1 nitrogen and oxygen atoms in total. The Bertz CT molecular complexity index is 186. The lowest BCUT2D eigenvalue weighted by Crippen LogP contribution is -2.37. The van der Waals surface area contributed by atoms with Gasteiger partial charge in [-0.05, 0) is 11.8 Å². The number of thioether (sulfide) groups is 1. The van der Waals surface area contributed by atoms with Crippen LogP contribution in [-0.2, 0) is 0 Å². The fraction of sp³-hybridized carbons (Fsp3) is 1.00. The molecule has 16 heavy (non-hydrogen) atoms. The first-order chi connectivity index (χ1) is 7.22. The van der Waals surface area contributed by atoms with Gasteiger partial charge in [-0.25, -0.2) is 0 Å². The molecule has 0 rings (SSSR count). The van der Waals surface area contributed by atoms with Crippen molar-refractivity contribution in [3.63, 3.8) is 0 Å². The largest absolute Gasteiger partial charge is 0.392 e. The molecule has 0 amide bonds. The van der Waals surface area contributed by atoms with Gasteiger partial charge in [-0.3, -0.25) is 0 Å². The van der Waals surface area contributed by atoms with Gasteiger partial charge < -0.3 is 5.11 Å². The SMILES string of the molecule is CCC(C)C(O)[C@@H](SC(C)(C)C)C(C)CC. The van der Waals surface area contributed by atoms with E-state index in [4.69, 9.17) is 0 Å². The summed E-state index contributed by atoms with van der Waals surface area (Å²) in [5.74, 6) is 0.974. The van der Waals surface area contributed by atoms with Crippen LogP contribution in [0.3, 0.4) is 0 Å². The number of rotatable bonds is 6. The number of aliphatic hydroxyl groups is 1. The van der Waals surface area contributed by atoms with Crippen LogP contribution in [0, 0.1) is 11.8 Å². The van der Waals surface area contributed by atoms with Gasteiger partial charge in [-0.1, -0.05) is 61.3 Å². The predicted octanol–water partition coefficient (Wildman–Crippen LogP) is 4.34. The van der Waals surface area contributed by atoms with Gasteiger partial charge >= 0.3 is 0 Å². The van der Waals surface area contributed by atoms with Gasteiger partial charge in [-0.15, -0.1) is 11.8 Å². The molecule has 0 radical (unpaired) electrons. The lowest BCUT2D eigenvalue weighted by molar-refractivity contribution is 0.0959. The number of hydrogen-bond acceptors (Lipinski definition) is 2.